The lowest BCUT2D eigenvalue weighted by Crippen LogP contribution is -2.37. The third-order valence-corrected chi connectivity index (χ3v) is 3.03. The highest BCUT2D eigenvalue weighted by Gasteiger charge is 2.02. The lowest BCUT2D eigenvalue weighted by molar-refractivity contribution is 0.170. The normalized spacial score (nSPS) is 12.9. The van der Waals surface area contributed by atoms with E-state index in [1.54, 1.807) is 7.11 Å². The van der Waals surface area contributed by atoms with Gasteiger partial charge in [0.2, 0.25) is 0 Å². The quantitative estimate of drug-likeness (QED) is 0.723. The zero-order valence-corrected chi connectivity index (χ0v) is 11.9. The van der Waals surface area contributed by atoms with Gasteiger partial charge in [-0.05, 0) is 26.0 Å². The SMILES string of the molecule is COCC(C)NCCN(C)CCc1ccccc1. The van der Waals surface area contributed by atoms with Gasteiger partial charge in [0.05, 0.1) is 6.61 Å². The monoisotopic (exact) mass is 250 g/mol. The first-order chi connectivity index (χ1) is 8.72. The van der Waals surface area contributed by atoms with E-state index in [0.29, 0.717) is 6.04 Å². The number of methoxy groups -OCH3 is 1. The first-order valence-electron chi connectivity index (χ1n) is 6.67. The van der Waals surface area contributed by atoms with Gasteiger partial charge in [-0.2, -0.15) is 0 Å². The molecule has 0 heterocycles. The van der Waals surface area contributed by atoms with Crippen molar-refractivity contribution < 1.29 is 4.74 Å². The first kappa shape index (κ1) is 15.2. The van der Waals surface area contributed by atoms with Gasteiger partial charge in [0.1, 0.15) is 0 Å². The van der Waals surface area contributed by atoms with Crippen molar-refractivity contribution in [2.45, 2.75) is 19.4 Å². The van der Waals surface area contributed by atoms with Gasteiger partial charge in [-0.15, -0.1) is 0 Å². The summed E-state index contributed by atoms with van der Waals surface area (Å²) >= 11 is 0. The number of benzene rings is 1. The molecule has 0 aromatic heterocycles. The van der Waals surface area contributed by atoms with Crippen LogP contribution in [0.3, 0.4) is 0 Å². The fraction of sp³-hybridized carbons (Fsp3) is 0.600. The third kappa shape index (κ3) is 6.74. The van der Waals surface area contributed by atoms with Gasteiger partial charge in [-0.3, -0.25) is 0 Å². The molecule has 1 N–H and O–H groups in total. The van der Waals surface area contributed by atoms with Crippen LogP contribution in [-0.2, 0) is 11.2 Å². The summed E-state index contributed by atoms with van der Waals surface area (Å²) < 4.78 is 5.09. The molecule has 0 aliphatic heterocycles. The van der Waals surface area contributed by atoms with E-state index in [1.165, 1.54) is 5.56 Å². The molecule has 0 radical (unpaired) electrons. The average Bonchev–Trinajstić information content (AvgIpc) is 2.38. The number of hydrogen-bond acceptors (Lipinski definition) is 3. The predicted octanol–water partition coefficient (Wildman–Crippen LogP) is 1.79. The number of hydrogen-bond donors (Lipinski definition) is 1. The van der Waals surface area contributed by atoms with Gasteiger partial charge in [-0.1, -0.05) is 30.3 Å². The van der Waals surface area contributed by atoms with E-state index in [0.717, 1.165) is 32.7 Å². The summed E-state index contributed by atoms with van der Waals surface area (Å²) in [4.78, 5) is 2.36. The van der Waals surface area contributed by atoms with Crippen LogP contribution >= 0.6 is 0 Å². The predicted molar refractivity (Wildman–Crippen MR) is 77.0 cm³/mol. The number of likely N-dealkylation sites (N-methyl/N-ethyl adjacent to an activating group) is 1. The molecule has 0 spiro atoms. The second kappa shape index (κ2) is 9.09. The van der Waals surface area contributed by atoms with Gasteiger partial charge >= 0.3 is 0 Å². The molecule has 0 saturated heterocycles. The number of rotatable bonds is 9. The maximum Gasteiger partial charge on any atom is 0.0613 e. The van der Waals surface area contributed by atoms with Gasteiger partial charge in [-0.25, -0.2) is 0 Å². The molecule has 0 aliphatic carbocycles. The Bertz CT molecular complexity index is 303. The molecular formula is C15H26N2O. The highest BCUT2D eigenvalue weighted by atomic mass is 16.5. The Hall–Kier alpha value is -0.900. The Kier molecular flexibility index (Phi) is 7.65. The van der Waals surface area contributed by atoms with Gasteiger partial charge < -0.3 is 15.0 Å². The van der Waals surface area contributed by atoms with E-state index < -0.39 is 0 Å². The van der Waals surface area contributed by atoms with Crippen molar-refractivity contribution in [1.29, 1.82) is 0 Å². The van der Waals surface area contributed by atoms with Crippen LogP contribution in [0.15, 0.2) is 30.3 Å². The van der Waals surface area contributed by atoms with Crippen molar-refractivity contribution in [3.8, 4) is 0 Å². The van der Waals surface area contributed by atoms with Crippen LogP contribution in [0.2, 0.25) is 0 Å². The third-order valence-electron chi connectivity index (χ3n) is 3.03. The molecular weight excluding hydrogens is 224 g/mol. The Balaban J connectivity index is 2.09. The molecule has 0 aliphatic rings. The van der Waals surface area contributed by atoms with Crippen molar-refractivity contribution in [3.05, 3.63) is 35.9 Å². The first-order valence-corrected chi connectivity index (χ1v) is 6.67. The van der Waals surface area contributed by atoms with Crippen molar-refractivity contribution in [1.82, 2.24) is 10.2 Å². The summed E-state index contributed by atoms with van der Waals surface area (Å²) in [5.41, 5.74) is 1.41. The minimum absolute atomic E-state index is 0.428. The Morgan fingerprint density at radius 3 is 2.61 bits per heavy atom. The van der Waals surface area contributed by atoms with Crippen LogP contribution in [0.4, 0.5) is 0 Å². The smallest absolute Gasteiger partial charge is 0.0613 e. The second-order valence-electron chi connectivity index (χ2n) is 4.85. The minimum atomic E-state index is 0.428. The van der Waals surface area contributed by atoms with E-state index >= 15 is 0 Å². The molecule has 1 rings (SSSR count). The van der Waals surface area contributed by atoms with Gasteiger partial charge in [0, 0.05) is 32.8 Å². The molecule has 0 amide bonds. The molecule has 3 nitrogen and oxygen atoms in total. The zero-order chi connectivity index (χ0) is 13.2. The molecule has 18 heavy (non-hydrogen) atoms. The van der Waals surface area contributed by atoms with E-state index in [1.807, 2.05) is 0 Å². The summed E-state index contributed by atoms with van der Waals surface area (Å²) in [6.45, 7) is 6.10. The molecule has 102 valence electrons. The van der Waals surface area contributed by atoms with E-state index in [9.17, 15) is 0 Å². The molecule has 0 fully saturated rings. The van der Waals surface area contributed by atoms with Crippen LogP contribution in [0.25, 0.3) is 0 Å². The lowest BCUT2D eigenvalue weighted by Gasteiger charge is -2.19. The Morgan fingerprint density at radius 1 is 1.22 bits per heavy atom. The van der Waals surface area contributed by atoms with E-state index in [4.69, 9.17) is 4.74 Å². The minimum Gasteiger partial charge on any atom is -0.383 e. The zero-order valence-electron chi connectivity index (χ0n) is 11.9. The molecule has 1 aromatic rings. The average molecular weight is 250 g/mol. The van der Waals surface area contributed by atoms with Crippen molar-refractivity contribution >= 4 is 0 Å². The topological polar surface area (TPSA) is 24.5 Å². The van der Waals surface area contributed by atoms with Crippen LogP contribution < -0.4 is 5.32 Å². The van der Waals surface area contributed by atoms with Crippen LogP contribution in [0.5, 0.6) is 0 Å². The van der Waals surface area contributed by atoms with Crippen molar-refractivity contribution in [3.63, 3.8) is 0 Å². The molecule has 1 aromatic carbocycles. The number of ether oxygens (including phenoxy) is 1. The summed E-state index contributed by atoms with van der Waals surface area (Å²) in [6, 6.07) is 11.1. The second-order valence-corrected chi connectivity index (χ2v) is 4.85. The standard InChI is InChI=1S/C15H26N2O/c1-14(13-18-3)16-10-12-17(2)11-9-15-7-5-4-6-8-15/h4-8,14,16H,9-13H2,1-3H3. The summed E-state index contributed by atoms with van der Waals surface area (Å²) in [7, 11) is 3.91. The molecule has 1 unspecified atom stereocenters. The summed E-state index contributed by atoms with van der Waals surface area (Å²) in [5, 5.41) is 3.45. The van der Waals surface area contributed by atoms with Gasteiger partial charge in [0.25, 0.3) is 0 Å². The molecule has 0 saturated carbocycles. The Morgan fingerprint density at radius 2 is 1.94 bits per heavy atom. The van der Waals surface area contributed by atoms with Crippen molar-refractivity contribution in [2.24, 2.45) is 0 Å². The molecule has 1 atom stereocenters. The van der Waals surface area contributed by atoms with Gasteiger partial charge in [0.15, 0.2) is 0 Å². The summed E-state index contributed by atoms with van der Waals surface area (Å²) in [5.74, 6) is 0. The van der Waals surface area contributed by atoms with E-state index in [-0.39, 0.29) is 0 Å². The lowest BCUT2D eigenvalue weighted by atomic mass is 10.1. The number of nitrogens with zero attached hydrogens (tertiary/aromatic N) is 1. The van der Waals surface area contributed by atoms with E-state index in [2.05, 4.69) is 54.5 Å². The highest BCUT2D eigenvalue weighted by molar-refractivity contribution is 5.14. The fourth-order valence-corrected chi connectivity index (χ4v) is 1.89. The Labute approximate surface area is 111 Å². The highest BCUT2D eigenvalue weighted by Crippen LogP contribution is 2.00. The maximum atomic E-state index is 5.09. The maximum absolute atomic E-state index is 5.09. The fourth-order valence-electron chi connectivity index (χ4n) is 1.89. The van der Waals surface area contributed by atoms with Crippen molar-refractivity contribution in [2.75, 3.05) is 40.4 Å². The summed E-state index contributed by atoms with van der Waals surface area (Å²) in [6.07, 6.45) is 1.12. The van der Waals surface area contributed by atoms with Crippen LogP contribution in [0.1, 0.15) is 12.5 Å². The molecule has 3 heteroatoms. The molecule has 0 bridgehead atoms. The van der Waals surface area contributed by atoms with Crippen LogP contribution in [0, 0.1) is 0 Å². The van der Waals surface area contributed by atoms with Crippen LogP contribution in [-0.4, -0.2) is 51.3 Å². The largest absolute Gasteiger partial charge is 0.383 e. The number of nitrogens with one attached hydrogen (secondary N) is 1.